The average molecular weight is 235 g/mol. The summed E-state index contributed by atoms with van der Waals surface area (Å²) in [5.41, 5.74) is 0. The van der Waals surface area contributed by atoms with Gasteiger partial charge in [-0.3, -0.25) is 4.68 Å². The van der Waals surface area contributed by atoms with Crippen molar-refractivity contribution in [1.29, 1.82) is 0 Å². The summed E-state index contributed by atoms with van der Waals surface area (Å²) in [6.45, 7) is 6.77. The van der Waals surface area contributed by atoms with E-state index in [1.165, 1.54) is 32.2 Å². The van der Waals surface area contributed by atoms with Gasteiger partial charge in [0.15, 0.2) is 0 Å². The molecular weight excluding hydrogens is 210 g/mol. The van der Waals surface area contributed by atoms with Crippen LogP contribution in [0.15, 0.2) is 18.5 Å². The molecular formula is C14H25N3. The van der Waals surface area contributed by atoms with Crippen LogP contribution in [0.3, 0.4) is 0 Å². The predicted octanol–water partition coefficient (Wildman–Crippen LogP) is 2.69. The minimum absolute atomic E-state index is 0.509. The fraction of sp³-hybridized carbons (Fsp3) is 0.786. The molecule has 0 amide bonds. The van der Waals surface area contributed by atoms with Crippen LogP contribution in [0.25, 0.3) is 0 Å². The number of rotatable bonds is 5. The lowest BCUT2D eigenvalue weighted by atomic mass is 9.83. The minimum atomic E-state index is 0.509. The molecule has 0 bridgehead atoms. The van der Waals surface area contributed by atoms with Gasteiger partial charge in [-0.05, 0) is 44.2 Å². The van der Waals surface area contributed by atoms with E-state index in [0.717, 1.165) is 18.4 Å². The van der Waals surface area contributed by atoms with Gasteiger partial charge < -0.3 is 5.32 Å². The van der Waals surface area contributed by atoms with E-state index in [0.29, 0.717) is 6.04 Å². The van der Waals surface area contributed by atoms with Gasteiger partial charge in [0.05, 0.1) is 6.54 Å². The molecule has 1 aliphatic rings. The van der Waals surface area contributed by atoms with Crippen molar-refractivity contribution >= 4 is 0 Å². The quantitative estimate of drug-likeness (QED) is 0.850. The van der Waals surface area contributed by atoms with Crippen molar-refractivity contribution in [3.8, 4) is 0 Å². The van der Waals surface area contributed by atoms with E-state index in [-0.39, 0.29) is 0 Å². The Labute approximate surface area is 105 Å². The third-order valence-electron chi connectivity index (χ3n) is 3.91. The van der Waals surface area contributed by atoms with Gasteiger partial charge in [-0.1, -0.05) is 19.8 Å². The molecule has 3 nitrogen and oxygen atoms in total. The number of hydrogen-bond donors (Lipinski definition) is 1. The van der Waals surface area contributed by atoms with Crippen LogP contribution in [0.4, 0.5) is 0 Å². The number of aromatic nitrogens is 2. The molecule has 1 saturated carbocycles. The van der Waals surface area contributed by atoms with E-state index < -0.39 is 0 Å². The van der Waals surface area contributed by atoms with Crippen molar-refractivity contribution < 1.29 is 0 Å². The van der Waals surface area contributed by atoms with Crippen molar-refractivity contribution in [1.82, 2.24) is 15.1 Å². The SMILES string of the molecule is CC1CCC(CNC(C)Cn2cccn2)CC1. The van der Waals surface area contributed by atoms with Crippen LogP contribution in [-0.4, -0.2) is 22.4 Å². The molecule has 1 aromatic heterocycles. The Morgan fingerprint density at radius 1 is 1.35 bits per heavy atom. The van der Waals surface area contributed by atoms with Gasteiger partial charge in [-0.25, -0.2) is 0 Å². The number of hydrogen-bond acceptors (Lipinski definition) is 2. The molecule has 96 valence electrons. The van der Waals surface area contributed by atoms with E-state index in [1.807, 2.05) is 23.1 Å². The topological polar surface area (TPSA) is 29.9 Å². The Kier molecular flexibility index (Phi) is 4.60. The lowest BCUT2D eigenvalue weighted by Gasteiger charge is -2.27. The van der Waals surface area contributed by atoms with Gasteiger partial charge >= 0.3 is 0 Å². The molecule has 2 rings (SSSR count). The van der Waals surface area contributed by atoms with E-state index >= 15 is 0 Å². The first-order valence-corrected chi connectivity index (χ1v) is 6.95. The van der Waals surface area contributed by atoms with Gasteiger partial charge in [-0.15, -0.1) is 0 Å². The standard InChI is InChI=1S/C14H25N3/c1-12-4-6-14(7-5-12)10-15-13(2)11-17-9-3-8-16-17/h3,8-9,12-15H,4-7,10-11H2,1-2H3. The highest BCUT2D eigenvalue weighted by atomic mass is 15.3. The monoisotopic (exact) mass is 235 g/mol. The second-order valence-electron chi connectivity index (χ2n) is 5.66. The third-order valence-corrected chi connectivity index (χ3v) is 3.91. The van der Waals surface area contributed by atoms with Crippen LogP contribution in [0.5, 0.6) is 0 Å². The molecule has 1 aliphatic carbocycles. The van der Waals surface area contributed by atoms with Gasteiger partial charge in [-0.2, -0.15) is 5.10 Å². The zero-order valence-corrected chi connectivity index (χ0v) is 11.1. The molecule has 1 N–H and O–H groups in total. The first-order chi connectivity index (χ1) is 8.24. The van der Waals surface area contributed by atoms with Crippen LogP contribution in [0.1, 0.15) is 39.5 Å². The zero-order chi connectivity index (χ0) is 12.1. The van der Waals surface area contributed by atoms with E-state index in [9.17, 15) is 0 Å². The fourth-order valence-electron chi connectivity index (χ4n) is 2.65. The first kappa shape index (κ1) is 12.6. The molecule has 1 atom stereocenters. The van der Waals surface area contributed by atoms with Crippen molar-refractivity contribution in [2.75, 3.05) is 6.54 Å². The molecule has 1 aromatic rings. The molecule has 1 heterocycles. The Balaban J connectivity index is 1.64. The maximum absolute atomic E-state index is 4.24. The van der Waals surface area contributed by atoms with Crippen molar-refractivity contribution in [2.24, 2.45) is 11.8 Å². The maximum Gasteiger partial charge on any atom is 0.0559 e. The van der Waals surface area contributed by atoms with Crippen molar-refractivity contribution in [3.05, 3.63) is 18.5 Å². The molecule has 0 spiro atoms. The molecule has 1 unspecified atom stereocenters. The summed E-state index contributed by atoms with van der Waals surface area (Å²) in [4.78, 5) is 0. The average Bonchev–Trinajstić information content (AvgIpc) is 2.81. The predicted molar refractivity (Wildman–Crippen MR) is 70.8 cm³/mol. The van der Waals surface area contributed by atoms with Gasteiger partial charge in [0.2, 0.25) is 0 Å². The lowest BCUT2D eigenvalue weighted by molar-refractivity contribution is 0.271. The largest absolute Gasteiger partial charge is 0.312 e. The molecule has 3 heteroatoms. The molecule has 0 radical (unpaired) electrons. The van der Waals surface area contributed by atoms with Crippen molar-refractivity contribution in [3.63, 3.8) is 0 Å². The first-order valence-electron chi connectivity index (χ1n) is 6.95. The highest BCUT2D eigenvalue weighted by Crippen LogP contribution is 2.27. The van der Waals surface area contributed by atoms with Gasteiger partial charge in [0.1, 0.15) is 0 Å². The van der Waals surface area contributed by atoms with Crippen molar-refractivity contribution in [2.45, 2.75) is 52.1 Å². The summed E-state index contributed by atoms with van der Waals surface area (Å²) in [7, 11) is 0. The molecule has 0 aromatic carbocycles. The Hall–Kier alpha value is -0.830. The Morgan fingerprint density at radius 2 is 2.12 bits per heavy atom. The van der Waals surface area contributed by atoms with Crippen LogP contribution in [-0.2, 0) is 6.54 Å². The number of nitrogens with one attached hydrogen (secondary N) is 1. The molecule has 17 heavy (non-hydrogen) atoms. The smallest absolute Gasteiger partial charge is 0.0559 e. The molecule has 1 fully saturated rings. The highest BCUT2D eigenvalue weighted by molar-refractivity contribution is 4.79. The van der Waals surface area contributed by atoms with E-state index in [2.05, 4.69) is 24.3 Å². The summed E-state index contributed by atoms with van der Waals surface area (Å²) in [5.74, 6) is 1.85. The summed E-state index contributed by atoms with van der Waals surface area (Å²) >= 11 is 0. The normalized spacial score (nSPS) is 26.9. The molecule has 0 saturated heterocycles. The number of nitrogens with zero attached hydrogens (tertiary/aromatic N) is 2. The summed E-state index contributed by atoms with van der Waals surface area (Å²) in [5, 5.41) is 7.88. The second-order valence-corrected chi connectivity index (χ2v) is 5.66. The zero-order valence-electron chi connectivity index (χ0n) is 11.1. The summed E-state index contributed by atoms with van der Waals surface area (Å²) in [6, 6.07) is 2.49. The van der Waals surface area contributed by atoms with Crippen LogP contribution in [0, 0.1) is 11.8 Å². The van der Waals surface area contributed by atoms with Crippen LogP contribution >= 0.6 is 0 Å². The fourth-order valence-corrected chi connectivity index (χ4v) is 2.65. The maximum atomic E-state index is 4.24. The Bertz CT molecular complexity index is 299. The second kappa shape index (κ2) is 6.20. The van der Waals surface area contributed by atoms with E-state index in [4.69, 9.17) is 0 Å². The van der Waals surface area contributed by atoms with Crippen LogP contribution < -0.4 is 5.32 Å². The van der Waals surface area contributed by atoms with E-state index in [1.54, 1.807) is 0 Å². The highest BCUT2D eigenvalue weighted by Gasteiger charge is 2.18. The third kappa shape index (κ3) is 4.15. The lowest BCUT2D eigenvalue weighted by Crippen LogP contribution is -2.35. The Morgan fingerprint density at radius 3 is 2.76 bits per heavy atom. The van der Waals surface area contributed by atoms with Crippen LogP contribution in [0.2, 0.25) is 0 Å². The summed E-state index contributed by atoms with van der Waals surface area (Å²) < 4.78 is 2.00. The summed E-state index contributed by atoms with van der Waals surface area (Å²) in [6.07, 6.45) is 9.51. The van der Waals surface area contributed by atoms with Gasteiger partial charge in [0.25, 0.3) is 0 Å². The molecule has 0 aliphatic heterocycles. The van der Waals surface area contributed by atoms with Gasteiger partial charge in [0, 0.05) is 18.4 Å². The minimum Gasteiger partial charge on any atom is -0.312 e.